The van der Waals surface area contributed by atoms with Crippen LogP contribution >= 0.6 is 0 Å². The van der Waals surface area contributed by atoms with Gasteiger partial charge in [0.25, 0.3) is 5.91 Å². The fourth-order valence-electron chi connectivity index (χ4n) is 3.61. The number of carbonyl (C=O) groups is 1. The Hall–Kier alpha value is -3.13. The third-order valence-electron chi connectivity index (χ3n) is 4.99. The van der Waals surface area contributed by atoms with E-state index in [1.54, 1.807) is 10.7 Å². The second-order valence-corrected chi connectivity index (χ2v) is 9.73. The second kappa shape index (κ2) is 7.60. The average molecular weight is 426 g/mol. The molecule has 0 atom stereocenters. The van der Waals surface area contributed by atoms with Crippen LogP contribution in [-0.4, -0.2) is 30.7 Å². The maximum atomic E-state index is 12.6. The van der Waals surface area contributed by atoms with E-state index in [1.165, 1.54) is 0 Å². The molecule has 1 aliphatic heterocycles. The Morgan fingerprint density at radius 1 is 1.10 bits per heavy atom. The van der Waals surface area contributed by atoms with Crippen LogP contribution in [0.5, 0.6) is 5.75 Å². The zero-order valence-corrected chi connectivity index (χ0v) is 17.9. The molecule has 0 unspecified atom stereocenters. The van der Waals surface area contributed by atoms with Crippen LogP contribution in [0.2, 0.25) is 0 Å². The van der Waals surface area contributed by atoms with Crippen molar-refractivity contribution in [1.29, 1.82) is 0 Å². The van der Waals surface area contributed by atoms with Gasteiger partial charge in [-0.25, -0.2) is 13.1 Å². The molecule has 0 fully saturated rings. The highest BCUT2D eigenvalue weighted by Gasteiger charge is 2.33. The van der Waals surface area contributed by atoms with E-state index in [4.69, 9.17) is 4.74 Å². The van der Waals surface area contributed by atoms with Crippen LogP contribution in [0.25, 0.3) is 5.69 Å². The first-order valence-electron chi connectivity index (χ1n) is 9.60. The molecule has 1 aliphatic rings. The Morgan fingerprint density at radius 2 is 1.87 bits per heavy atom. The second-order valence-electron chi connectivity index (χ2n) is 7.66. The predicted octanol–water partition coefficient (Wildman–Crippen LogP) is 3.24. The molecule has 1 N–H and O–H groups in total. The van der Waals surface area contributed by atoms with E-state index in [9.17, 15) is 13.2 Å². The van der Waals surface area contributed by atoms with Gasteiger partial charge in [0.1, 0.15) is 11.6 Å². The van der Waals surface area contributed by atoms with Gasteiger partial charge in [-0.1, -0.05) is 29.8 Å². The lowest BCUT2D eigenvalue weighted by molar-refractivity contribution is -0.118. The van der Waals surface area contributed by atoms with Gasteiger partial charge in [-0.05, 0) is 50.1 Å². The first kappa shape index (κ1) is 20.2. The van der Waals surface area contributed by atoms with Crippen molar-refractivity contribution < 1.29 is 17.9 Å². The molecule has 7 nitrogen and oxygen atoms in total. The summed E-state index contributed by atoms with van der Waals surface area (Å²) in [6.07, 6.45) is 0. The zero-order valence-electron chi connectivity index (χ0n) is 17.1. The van der Waals surface area contributed by atoms with Gasteiger partial charge >= 0.3 is 0 Å². The molecule has 1 aromatic heterocycles. The first-order valence-corrected chi connectivity index (χ1v) is 11.4. The van der Waals surface area contributed by atoms with Crippen LogP contribution in [0.15, 0.2) is 42.5 Å². The number of hydrogen-bond donors (Lipinski definition) is 1. The Morgan fingerprint density at radius 3 is 2.60 bits per heavy atom. The number of ether oxygens (including phenoxy) is 1. The molecular formula is C22H23N3O4S. The maximum Gasteiger partial charge on any atom is 0.263 e. The molecule has 0 saturated heterocycles. The highest BCUT2D eigenvalue weighted by atomic mass is 32.2. The van der Waals surface area contributed by atoms with Gasteiger partial charge in [-0.15, -0.1) is 0 Å². The topological polar surface area (TPSA) is 90.3 Å². The van der Waals surface area contributed by atoms with Crippen molar-refractivity contribution in [3.8, 4) is 11.4 Å². The average Bonchev–Trinajstić information content (AvgIpc) is 3.13. The molecular weight excluding hydrogens is 402 g/mol. The van der Waals surface area contributed by atoms with Crippen LogP contribution in [-0.2, 0) is 26.1 Å². The lowest BCUT2D eigenvalue weighted by Gasteiger charge is -2.14. The van der Waals surface area contributed by atoms with Crippen molar-refractivity contribution in [3.05, 3.63) is 70.4 Å². The highest BCUT2D eigenvalue weighted by molar-refractivity contribution is 7.90. The molecule has 2 aromatic carbocycles. The monoisotopic (exact) mass is 425 g/mol. The third-order valence-corrected chi connectivity index (χ3v) is 6.43. The van der Waals surface area contributed by atoms with Crippen LogP contribution in [0.3, 0.4) is 0 Å². The van der Waals surface area contributed by atoms with Crippen molar-refractivity contribution in [2.24, 2.45) is 0 Å². The van der Waals surface area contributed by atoms with Crippen LogP contribution < -0.4 is 10.1 Å². The molecule has 0 bridgehead atoms. The van der Waals surface area contributed by atoms with Crippen molar-refractivity contribution in [2.45, 2.75) is 32.3 Å². The number of aryl methyl sites for hydroxylation is 3. The lowest BCUT2D eigenvalue weighted by Crippen LogP contribution is -2.23. The Labute approximate surface area is 175 Å². The number of nitrogens with one attached hydrogen (secondary N) is 1. The zero-order chi connectivity index (χ0) is 21.5. The Kier molecular flexibility index (Phi) is 5.11. The smallest absolute Gasteiger partial charge is 0.263 e. The molecule has 2 heterocycles. The van der Waals surface area contributed by atoms with E-state index < -0.39 is 9.84 Å². The van der Waals surface area contributed by atoms with E-state index >= 15 is 0 Å². The van der Waals surface area contributed by atoms with Crippen molar-refractivity contribution in [2.75, 3.05) is 11.9 Å². The number of aromatic nitrogens is 2. The molecule has 4 rings (SSSR count). The minimum atomic E-state index is -3.25. The summed E-state index contributed by atoms with van der Waals surface area (Å²) in [4.78, 5) is 12.6. The van der Waals surface area contributed by atoms with Gasteiger partial charge in [-0.3, -0.25) is 4.79 Å². The standard InChI is InChI=1S/C22H23N3O4S/c1-14-5-4-6-17(10-14)29-11-21(26)23-22-18-12-30(27,28)13-19(18)24-25(22)20-8-7-15(2)9-16(20)3/h4-10H,11-13H2,1-3H3,(H,23,26). The number of fused-ring (bicyclic) bond motifs is 1. The molecule has 0 aliphatic carbocycles. The number of sulfone groups is 1. The summed E-state index contributed by atoms with van der Waals surface area (Å²) in [7, 11) is -3.25. The number of anilines is 1. The highest BCUT2D eigenvalue weighted by Crippen LogP contribution is 2.33. The molecule has 8 heteroatoms. The van der Waals surface area contributed by atoms with Gasteiger partial charge in [0.15, 0.2) is 16.4 Å². The molecule has 30 heavy (non-hydrogen) atoms. The predicted molar refractivity (Wildman–Crippen MR) is 115 cm³/mol. The summed E-state index contributed by atoms with van der Waals surface area (Å²) in [6, 6.07) is 13.3. The number of rotatable bonds is 5. The molecule has 0 saturated carbocycles. The van der Waals surface area contributed by atoms with Gasteiger partial charge in [0.05, 0.1) is 22.9 Å². The SMILES string of the molecule is Cc1cccc(OCC(=O)Nc2c3c(nn2-c2ccc(C)cc2C)CS(=O)(=O)C3)c1. The van der Waals surface area contributed by atoms with Crippen molar-refractivity contribution >= 4 is 21.6 Å². The van der Waals surface area contributed by atoms with Crippen LogP contribution in [0.1, 0.15) is 27.9 Å². The molecule has 156 valence electrons. The quantitative estimate of drug-likeness (QED) is 0.678. The van der Waals surface area contributed by atoms with E-state index in [-0.39, 0.29) is 24.0 Å². The third kappa shape index (κ3) is 4.09. The minimum absolute atomic E-state index is 0.122. The summed E-state index contributed by atoms with van der Waals surface area (Å²) in [5.74, 6) is 0.344. The van der Waals surface area contributed by atoms with E-state index in [2.05, 4.69) is 10.4 Å². The summed E-state index contributed by atoms with van der Waals surface area (Å²) < 4.78 is 31.4. The van der Waals surface area contributed by atoms with E-state index in [0.717, 1.165) is 22.4 Å². The number of hydrogen-bond acceptors (Lipinski definition) is 5. The summed E-state index contributed by atoms with van der Waals surface area (Å²) in [5.41, 5.74) is 4.93. The first-order chi connectivity index (χ1) is 14.2. The molecule has 0 spiro atoms. The Balaban J connectivity index is 1.63. The summed E-state index contributed by atoms with van der Waals surface area (Å²) in [5, 5.41) is 7.34. The fourth-order valence-corrected chi connectivity index (χ4v) is 5.10. The van der Waals surface area contributed by atoms with Gasteiger partial charge in [0.2, 0.25) is 0 Å². The molecule has 0 radical (unpaired) electrons. The van der Waals surface area contributed by atoms with E-state index in [1.807, 2.05) is 57.2 Å². The maximum absolute atomic E-state index is 12.6. The van der Waals surface area contributed by atoms with Gasteiger partial charge in [-0.2, -0.15) is 5.10 Å². The summed E-state index contributed by atoms with van der Waals surface area (Å²) >= 11 is 0. The largest absolute Gasteiger partial charge is 0.484 e. The normalized spacial score (nSPS) is 14.4. The van der Waals surface area contributed by atoms with E-state index in [0.29, 0.717) is 22.8 Å². The van der Waals surface area contributed by atoms with Crippen molar-refractivity contribution in [3.63, 3.8) is 0 Å². The number of amides is 1. The van der Waals surface area contributed by atoms with Gasteiger partial charge < -0.3 is 10.1 Å². The molecule has 1 amide bonds. The number of benzene rings is 2. The molecule has 3 aromatic rings. The lowest BCUT2D eigenvalue weighted by atomic mass is 10.1. The summed E-state index contributed by atoms with van der Waals surface area (Å²) in [6.45, 7) is 5.71. The van der Waals surface area contributed by atoms with Crippen LogP contribution in [0, 0.1) is 20.8 Å². The fraction of sp³-hybridized carbons (Fsp3) is 0.273. The number of nitrogens with zero attached hydrogens (tertiary/aromatic N) is 2. The van der Waals surface area contributed by atoms with Gasteiger partial charge in [0, 0.05) is 5.56 Å². The minimum Gasteiger partial charge on any atom is -0.484 e. The Bertz CT molecular complexity index is 1250. The number of carbonyl (C=O) groups excluding carboxylic acids is 1. The van der Waals surface area contributed by atoms with Crippen LogP contribution in [0.4, 0.5) is 5.82 Å². The van der Waals surface area contributed by atoms with Crippen molar-refractivity contribution in [1.82, 2.24) is 9.78 Å².